The van der Waals surface area contributed by atoms with Crippen LogP contribution in [0.4, 0.5) is 11.6 Å². The fraction of sp³-hybridized carbons (Fsp3) is 0.417. The van der Waals surface area contributed by atoms with E-state index in [0.717, 1.165) is 35.0 Å². The lowest BCUT2D eigenvalue weighted by Gasteiger charge is -2.10. The van der Waals surface area contributed by atoms with E-state index in [4.69, 9.17) is 5.73 Å². The highest BCUT2D eigenvalue weighted by molar-refractivity contribution is 7.09. The Balaban J connectivity index is 1.98. The lowest BCUT2D eigenvalue weighted by Crippen LogP contribution is -2.11. The Kier molecular flexibility index (Phi) is 3.76. The van der Waals surface area contributed by atoms with Gasteiger partial charge in [-0.3, -0.25) is 0 Å². The van der Waals surface area contributed by atoms with Gasteiger partial charge in [-0.1, -0.05) is 0 Å². The fourth-order valence-corrected chi connectivity index (χ4v) is 2.30. The van der Waals surface area contributed by atoms with E-state index < -0.39 is 0 Å². The minimum absolute atomic E-state index is 0.537. The third-order valence-corrected chi connectivity index (χ3v) is 3.46. The fourth-order valence-electron chi connectivity index (χ4n) is 1.65. The van der Waals surface area contributed by atoms with Crippen molar-refractivity contribution in [2.75, 3.05) is 17.6 Å². The lowest BCUT2D eigenvalue weighted by atomic mass is 10.3. The zero-order valence-electron chi connectivity index (χ0n) is 10.8. The molecule has 0 fully saturated rings. The number of nitrogens with two attached hydrogens (primary N) is 1. The Morgan fingerprint density at radius 1 is 1.22 bits per heavy atom. The summed E-state index contributed by atoms with van der Waals surface area (Å²) < 4.78 is 0. The highest BCUT2D eigenvalue weighted by Gasteiger charge is 2.06. The predicted octanol–water partition coefficient (Wildman–Crippen LogP) is 2.10. The van der Waals surface area contributed by atoms with Crippen LogP contribution in [0.3, 0.4) is 0 Å². The van der Waals surface area contributed by atoms with Gasteiger partial charge in [0.15, 0.2) is 0 Å². The van der Waals surface area contributed by atoms with Crippen molar-refractivity contribution in [2.24, 2.45) is 0 Å². The summed E-state index contributed by atoms with van der Waals surface area (Å²) in [6.07, 6.45) is 0.882. The smallest absolute Gasteiger partial charge is 0.134 e. The number of nitrogens with one attached hydrogen (secondary N) is 1. The second-order valence-corrected chi connectivity index (χ2v) is 5.23. The Bertz CT molecular complexity index is 549. The Morgan fingerprint density at radius 3 is 2.67 bits per heavy atom. The third kappa shape index (κ3) is 2.95. The Hall–Kier alpha value is -1.69. The van der Waals surface area contributed by atoms with Crippen LogP contribution in [0.2, 0.25) is 0 Å². The number of rotatable bonds is 4. The molecule has 0 aliphatic rings. The SMILES string of the molecule is Cc1nc(N)c(C)c(NCCc2csc(C)n2)n1. The molecule has 18 heavy (non-hydrogen) atoms. The molecule has 2 aromatic rings. The van der Waals surface area contributed by atoms with Crippen molar-refractivity contribution in [3.8, 4) is 0 Å². The van der Waals surface area contributed by atoms with E-state index >= 15 is 0 Å². The number of hydrogen-bond donors (Lipinski definition) is 2. The predicted molar refractivity (Wildman–Crippen MR) is 75.0 cm³/mol. The van der Waals surface area contributed by atoms with E-state index in [1.165, 1.54) is 0 Å². The highest BCUT2D eigenvalue weighted by atomic mass is 32.1. The molecule has 0 atom stereocenters. The number of thiazole rings is 1. The molecule has 0 bridgehead atoms. The molecule has 0 radical (unpaired) electrons. The van der Waals surface area contributed by atoms with Crippen LogP contribution in [-0.2, 0) is 6.42 Å². The van der Waals surface area contributed by atoms with Gasteiger partial charge < -0.3 is 11.1 Å². The molecular formula is C12H17N5S. The van der Waals surface area contributed by atoms with Gasteiger partial charge in [-0.25, -0.2) is 15.0 Å². The monoisotopic (exact) mass is 263 g/mol. The second kappa shape index (κ2) is 5.30. The van der Waals surface area contributed by atoms with Crippen molar-refractivity contribution in [1.29, 1.82) is 0 Å². The first kappa shape index (κ1) is 12.8. The topological polar surface area (TPSA) is 76.7 Å². The van der Waals surface area contributed by atoms with E-state index in [0.29, 0.717) is 11.6 Å². The molecule has 0 saturated heterocycles. The average Bonchev–Trinajstić information content (AvgIpc) is 2.71. The van der Waals surface area contributed by atoms with Crippen molar-refractivity contribution >= 4 is 23.0 Å². The molecule has 0 saturated carbocycles. The molecule has 0 aliphatic heterocycles. The van der Waals surface area contributed by atoms with Gasteiger partial charge in [0.25, 0.3) is 0 Å². The van der Waals surface area contributed by atoms with Crippen LogP contribution in [0.1, 0.15) is 22.1 Å². The first-order valence-electron chi connectivity index (χ1n) is 5.82. The number of anilines is 2. The van der Waals surface area contributed by atoms with Gasteiger partial charge >= 0.3 is 0 Å². The molecule has 2 rings (SSSR count). The van der Waals surface area contributed by atoms with Crippen LogP contribution in [0.5, 0.6) is 0 Å². The summed E-state index contributed by atoms with van der Waals surface area (Å²) in [5.41, 5.74) is 7.82. The van der Waals surface area contributed by atoms with E-state index in [1.54, 1.807) is 11.3 Å². The molecule has 6 heteroatoms. The van der Waals surface area contributed by atoms with Gasteiger partial charge in [-0.15, -0.1) is 11.3 Å². The molecule has 2 heterocycles. The maximum absolute atomic E-state index is 5.81. The molecule has 0 spiro atoms. The van der Waals surface area contributed by atoms with Gasteiger partial charge in [0, 0.05) is 23.9 Å². The quantitative estimate of drug-likeness (QED) is 0.883. The molecular weight excluding hydrogens is 246 g/mol. The van der Waals surface area contributed by atoms with Crippen molar-refractivity contribution in [3.05, 3.63) is 27.5 Å². The summed E-state index contributed by atoms with van der Waals surface area (Å²) in [5, 5.41) is 6.47. The molecule has 5 nitrogen and oxygen atoms in total. The average molecular weight is 263 g/mol. The number of nitrogens with zero attached hydrogens (tertiary/aromatic N) is 3. The maximum Gasteiger partial charge on any atom is 0.134 e. The number of hydrogen-bond acceptors (Lipinski definition) is 6. The van der Waals surface area contributed by atoms with E-state index in [-0.39, 0.29) is 0 Å². The maximum atomic E-state index is 5.81. The standard InChI is InChI=1S/C12H17N5S/c1-7-11(13)15-8(2)16-12(7)14-5-4-10-6-18-9(3)17-10/h6H,4-5H2,1-3H3,(H3,13,14,15,16). The number of nitrogen functional groups attached to an aromatic ring is 1. The lowest BCUT2D eigenvalue weighted by molar-refractivity contribution is 0.944. The van der Waals surface area contributed by atoms with Crippen molar-refractivity contribution < 1.29 is 0 Å². The van der Waals surface area contributed by atoms with Gasteiger partial charge in [-0.2, -0.15) is 0 Å². The first-order valence-corrected chi connectivity index (χ1v) is 6.70. The van der Waals surface area contributed by atoms with Gasteiger partial charge in [0.1, 0.15) is 17.5 Å². The third-order valence-electron chi connectivity index (χ3n) is 2.64. The summed E-state index contributed by atoms with van der Waals surface area (Å²) in [5.74, 6) is 2.03. The summed E-state index contributed by atoms with van der Waals surface area (Å²) in [4.78, 5) is 12.9. The molecule has 3 N–H and O–H groups in total. The van der Waals surface area contributed by atoms with Crippen LogP contribution >= 0.6 is 11.3 Å². The number of aryl methyl sites for hydroxylation is 2. The summed E-state index contributed by atoms with van der Waals surface area (Å²) >= 11 is 1.67. The van der Waals surface area contributed by atoms with Gasteiger partial charge in [-0.05, 0) is 20.8 Å². The number of aromatic nitrogens is 3. The normalized spacial score (nSPS) is 10.6. The van der Waals surface area contributed by atoms with Crippen molar-refractivity contribution in [1.82, 2.24) is 15.0 Å². The summed E-state index contributed by atoms with van der Waals surface area (Å²) in [7, 11) is 0. The van der Waals surface area contributed by atoms with Gasteiger partial charge in [0.05, 0.1) is 10.7 Å². The van der Waals surface area contributed by atoms with E-state index in [2.05, 4.69) is 25.6 Å². The highest BCUT2D eigenvalue weighted by Crippen LogP contribution is 2.17. The molecule has 0 aromatic carbocycles. The summed E-state index contributed by atoms with van der Waals surface area (Å²) in [6, 6.07) is 0. The first-order chi connectivity index (χ1) is 8.56. The zero-order valence-corrected chi connectivity index (χ0v) is 11.6. The molecule has 96 valence electrons. The van der Waals surface area contributed by atoms with Crippen LogP contribution in [0.25, 0.3) is 0 Å². The molecule has 0 aliphatic carbocycles. The Morgan fingerprint density at radius 2 is 2.00 bits per heavy atom. The Labute approximate surface area is 111 Å². The van der Waals surface area contributed by atoms with E-state index in [1.807, 2.05) is 20.8 Å². The second-order valence-electron chi connectivity index (χ2n) is 4.16. The molecule has 0 amide bonds. The minimum Gasteiger partial charge on any atom is -0.383 e. The zero-order chi connectivity index (χ0) is 13.1. The van der Waals surface area contributed by atoms with Crippen molar-refractivity contribution in [3.63, 3.8) is 0 Å². The van der Waals surface area contributed by atoms with Crippen LogP contribution in [0, 0.1) is 20.8 Å². The van der Waals surface area contributed by atoms with E-state index in [9.17, 15) is 0 Å². The van der Waals surface area contributed by atoms with Crippen LogP contribution in [-0.4, -0.2) is 21.5 Å². The summed E-state index contributed by atoms with van der Waals surface area (Å²) in [6.45, 7) is 6.56. The molecule has 0 unspecified atom stereocenters. The largest absolute Gasteiger partial charge is 0.383 e. The van der Waals surface area contributed by atoms with Crippen molar-refractivity contribution in [2.45, 2.75) is 27.2 Å². The van der Waals surface area contributed by atoms with Crippen LogP contribution < -0.4 is 11.1 Å². The minimum atomic E-state index is 0.537. The van der Waals surface area contributed by atoms with Crippen LogP contribution in [0.15, 0.2) is 5.38 Å². The molecule has 2 aromatic heterocycles. The van der Waals surface area contributed by atoms with Gasteiger partial charge in [0.2, 0.25) is 0 Å².